The maximum absolute atomic E-state index is 13.7. The number of carbonyl (C=O) groups excluding carboxylic acids is 1. The molecule has 34 heavy (non-hydrogen) atoms. The number of benzene rings is 1. The molecule has 0 saturated heterocycles. The van der Waals surface area contributed by atoms with Crippen molar-refractivity contribution in [1.82, 2.24) is 19.4 Å². The Morgan fingerprint density at radius 3 is 2.71 bits per heavy atom. The SMILES string of the molecule is CC#C[C@@H]1[C@H](CN)N=C2N(Cc3cnn(C)c3)C(=O)c3cc(S(=O)(=O)NC4(C)CC4)ccc3N21. The number of guanidine groups is 1. The van der Waals surface area contributed by atoms with E-state index in [4.69, 9.17) is 10.7 Å². The highest BCUT2D eigenvalue weighted by molar-refractivity contribution is 7.89. The van der Waals surface area contributed by atoms with Gasteiger partial charge in [-0.15, -0.1) is 5.92 Å². The molecule has 178 valence electrons. The molecule has 1 aromatic heterocycles. The van der Waals surface area contributed by atoms with Crippen molar-refractivity contribution in [2.24, 2.45) is 17.8 Å². The summed E-state index contributed by atoms with van der Waals surface area (Å²) in [6, 6.07) is 3.96. The predicted octanol–water partition coefficient (Wildman–Crippen LogP) is 0.802. The molecule has 2 aromatic rings. The Kier molecular flexibility index (Phi) is 5.27. The van der Waals surface area contributed by atoms with Gasteiger partial charge in [0.1, 0.15) is 6.04 Å². The highest BCUT2D eigenvalue weighted by atomic mass is 32.2. The molecule has 3 aliphatic rings. The van der Waals surface area contributed by atoms with Gasteiger partial charge < -0.3 is 5.73 Å². The van der Waals surface area contributed by atoms with Gasteiger partial charge in [-0.3, -0.25) is 19.3 Å². The molecule has 1 aromatic carbocycles. The lowest BCUT2D eigenvalue weighted by Gasteiger charge is -2.37. The van der Waals surface area contributed by atoms with Crippen molar-refractivity contribution in [3.8, 4) is 11.8 Å². The third kappa shape index (κ3) is 3.77. The minimum Gasteiger partial charge on any atom is -0.328 e. The standard InChI is InChI=1S/C23H27N7O3S/c1-4-5-20-18(11-24)26-22-29(14-15-12-25-28(3)13-15)21(31)17-10-16(6-7-19(17)30(20)22)34(32,33)27-23(2)8-9-23/h6-7,10,12-13,18,20,27H,8-9,11,14,24H2,1-3H3/t18-,20+/m0/s1. The quantitative estimate of drug-likeness (QED) is 0.588. The van der Waals surface area contributed by atoms with Crippen molar-refractivity contribution in [3.63, 3.8) is 0 Å². The van der Waals surface area contributed by atoms with E-state index in [9.17, 15) is 13.2 Å². The fourth-order valence-electron chi connectivity index (χ4n) is 4.38. The fourth-order valence-corrected chi connectivity index (χ4v) is 5.87. The predicted molar refractivity (Wildman–Crippen MR) is 127 cm³/mol. The first-order valence-electron chi connectivity index (χ1n) is 11.1. The number of aromatic nitrogens is 2. The van der Waals surface area contributed by atoms with Crippen LogP contribution in [0.1, 0.15) is 42.6 Å². The summed E-state index contributed by atoms with van der Waals surface area (Å²) < 4.78 is 30.5. The van der Waals surface area contributed by atoms with Crippen molar-refractivity contribution < 1.29 is 13.2 Å². The second kappa shape index (κ2) is 7.94. The van der Waals surface area contributed by atoms with E-state index >= 15 is 0 Å². The Labute approximate surface area is 198 Å². The number of aliphatic imine (C=N–C) groups is 1. The van der Waals surface area contributed by atoms with Gasteiger partial charge in [0.25, 0.3) is 5.91 Å². The Morgan fingerprint density at radius 2 is 2.09 bits per heavy atom. The van der Waals surface area contributed by atoms with Gasteiger partial charge in [-0.1, -0.05) is 5.92 Å². The number of nitrogens with one attached hydrogen (secondary N) is 1. The molecule has 0 unspecified atom stereocenters. The van der Waals surface area contributed by atoms with Crippen LogP contribution in [0.2, 0.25) is 0 Å². The van der Waals surface area contributed by atoms with Gasteiger partial charge in [-0.05, 0) is 44.9 Å². The van der Waals surface area contributed by atoms with Crippen LogP contribution >= 0.6 is 0 Å². The first kappa shape index (κ1) is 22.6. The molecule has 10 nitrogen and oxygen atoms in total. The first-order chi connectivity index (χ1) is 16.2. The van der Waals surface area contributed by atoms with E-state index in [2.05, 4.69) is 21.7 Å². The number of hydrogen-bond donors (Lipinski definition) is 2. The number of aryl methyl sites for hydroxylation is 1. The first-order valence-corrected chi connectivity index (χ1v) is 12.6. The summed E-state index contributed by atoms with van der Waals surface area (Å²) in [4.78, 5) is 22.0. The van der Waals surface area contributed by atoms with Crippen molar-refractivity contribution in [2.45, 2.75) is 55.8 Å². The Bertz CT molecular complexity index is 1360. The van der Waals surface area contributed by atoms with Crippen LogP contribution in [0.5, 0.6) is 0 Å². The van der Waals surface area contributed by atoms with Gasteiger partial charge in [0.05, 0.1) is 34.9 Å². The van der Waals surface area contributed by atoms with Crippen molar-refractivity contribution in [2.75, 3.05) is 11.4 Å². The molecule has 0 radical (unpaired) electrons. The molecule has 3 N–H and O–H groups in total. The molecule has 1 saturated carbocycles. The monoisotopic (exact) mass is 481 g/mol. The Hall–Kier alpha value is -3.20. The van der Waals surface area contributed by atoms with Crippen LogP contribution in [0.4, 0.5) is 5.69 Å². The third-order valence-electron chi connectivity index (χ3n) is 6.41. The summed E-state index contributed by atoms with van der Waals surface area (Å²) in [5.41, 5.74) is 7.27. The zero-order chi connectivity index (χ0) is 24.3. The molecule has 2 atom stereocenters. The van der Waals surface area contributed by atoms with E-state index < -0.39 is 15.6 Å². The minimum absolute atomic E-state index is 0.0575. The maximum Gasteiger partial charge on any atom is 0.263 e. The number of amides is 1. The van der Waals surface area contributed by atoms with Crippen LogP contribution in [0.3, 0.4) is 0 Å². The second-order valence-corrected chi connectivity index (χ2v) is 10.9. The van der Waals surface area contributed by atoms with E-state index in [1.807, 2.05) is 18.0 Å². The zero-order valence-corrected chi connectivity index (χ0v) is 20.1. The molecule has 1 fully saturated rings. The number of anilines is 1. The average molecular weight is 482 g/mol. The number of sulfonamides is 1. The number of nitrogens with two attached hydrogens (primary N) is 1. The lowest BCUT2D eigenvalue weighted by atomic mass is 10.0. The number of rotatable bonds is 6. The van der Waals surface area contributed by atoms with Crippen LogP contribution in [0.25, 0.3) is 0 Å². The van der Waals surface area contributed by atoms with Crippen LogP contribution in [-0.4, -0.2) is 59.1 Å². The van der Waals surface area contributed by atoms with Crippen LogP contribution < -0.4 is 15.4 Å². The van der Waals surface area contributed by atoms with Crippen molar-refractivity contribution in [3.05, 3.63) is 41.7 Å². The molecular formula is C23H27N7O3S. The summed E-state index contributed by atoms with van der Waals surface area (Å²) >= 11 is 0. The number of carbonyl (C=O) groups is 1. The van der Waals surface area contributed by atoms with Gasteiger partial charge in [0.2, 0.25) is 16.0 Å². The second-order valence-electron chi connectivity index (χ2n) is 9.20. The van der Waals surface area contributed by atoms with Gasteiger partial charge in [0, 0.05) is 30.9 Å². The number of hydrogen-bond acceptors (Lipinski definition) is 7. The summed E-state index contributed by atoms with van der Waals surface area (Å²) in [7, 11) is -1.97. The highest BCUT2D eigenvalue weighted by Gasteiger charge is 2.46. The van der Waals surface area contributed by atoms with E-state index in [1.165, 1.54) is 12.1 Å². The number of nitrogens with zero attached hydrogens (tertiary/aromatic N) is 5. The Morgan fingerprint density at radius 1 is 1.32 bits per heavy atom. The third-order valence-corrected chi connectivity index (χ3v) is 8.04. The number of fused-ring (bicyclic) bond motifs is 3. The van der Waals surface area contributed by atoms with E-state index in [0.717, 1.165) is 18.4 Å². The Balaban J connectivity index is 1.61. The fraction of sp³-hybridized carbons (Fsp3) is 0.435. The lowest BCUT2D eigenvalue weighted by Crippen LogP contribution is -2.53. The van der Waals surface area contributed by atoms with E-state index in [0.29, 0.717) is 11.6 Å². The summed E-state index contributed by atoms with van der Waals surface area (Å²) in [5.74, 6) is 6.24. The zero-order valence-electron chi connectivity index (χ0n) is 19.3. The molecule has 2 aliphatic heterocycles. The van der Waals surface area contributed by atoms with Gasteiger partial charge >= 0.3 is 0 Å². The maximum atomic E-state index is 13.7. The summed E-state index contributed by atoms with van der Waals surface area (Å²) in [6.07, 6.45) is 5.10. The molecule has 11 heteroatoms. The van der Waals surface area contributed by atoms with Crippen molar-refractivity contribution in [1.29, 1.82) is 0 Å². The molecule has 0 bridgehead atoms. The highest BCUT2D eigenvalue weighted by Crippen LogP contribution is 2.39. The molecular weight excluding hydrogens is 454 g/mol. The summed E-state index contributed by atoms with van der Waals surface area (Å²) in [5, 5.41) is 4.19. The van der Waals surface area contributed by atoms with Gasteiger partial charge in [-0.2, -0.15) is 5.10 Å². The van der Waals surface area contributed by atoms with Crippen LogP contribution in [-0.2, 0) is 23.6 Å². The summed E-state index contributed by atoms with van der Waals surface area (Å²) in [6.45, 7) is 4.11. The molecule has 3 heterocycles. The minimum atomic E-state index is -3.78. The van der Waals surface area contributed by atoms with Gasteiger partial charge in [0.15, 0.2) is 0 Å². The van der Waals surface area contributed by atoms with E-state index in [-0.39, 0.29) is 41.5 Å². The average Bonchev–Trinajstić information content (AvgIpc) is 3.19. The molecule has 0 spiro atoms. The normalized spacial score (nSPS) is 22.6. The largest absolute Gasteiger partial charge is 0.328 e. The molecule has 5 rings (SSSR count). The van der Waals surface area contributed by atoms with E-state index in [1.54, 1.807) is 35.8 Å². The topological polar surface area (TPSA) is 126 Å². The van der Waals surface area contributed by atoms with Crippen LogP contribution in [0.15, 0.2) is 40.5 Å². The molecule has 1 aliphatic carbocycles. The van der Waals surface area contributed by atoms with Gasteiger partial charge in [-0.25, -0.2) is 18.1 Å². The lowest BCUT2D eigenvalue weighted by molar-refractivity contribution is 0.0833. The van der Waals surface area contributed by atoms with Crippen LogP contribution in [0, 0.1) is 11.8 Å². The van der Waals surface area contributed by atoms with Crippen molar-refractivity contribution >= 4 is 27.6 Å². The smallest absolute Gasteiger partial charge is 0.263 e. The molecule has 1 amide bonds.